The van der Waals surface area contributed by atoms with Gasteiger partial charge < -0.3 is 11.1 Å². The maximum atomic E-state index is 5.79. The third-order valence-electron chi connectivity index (χ3n) is 3.67. The summed E-state index contributed by atoms with van der Waals surface area (Å²) >= 11 is 0. The average molecular weight is 272 g/mol. The van der Waals surface area contributed by atoms with E-state index in [4.69, 9.17) is 5.73 Å². The van der Waals surface area contributed by atoms with Gasteiger partial charge in [-0.2, -0.15) is 5.10 Å². The summed E-state index contributed by atoms with van der Waals surface area (Å²) in [4.78, 5) is 0. The van der Waals surface area contributed by atoms with Gasteiger partial charge in [0, 0.05) is 24.6 Å². The molecule has 108 valence electrons. The van der Waals surface area contributed by atoms with Crippen molar-refractivity contribution < 1.29 is 0 Å². The number of nitrogens with zero attached hydrogens (tertiary/aromatic N) is 2. The minimum absolute atomic E-state index is 0.513. The van der Waals surface area contributed by atoms with Crippen LogP contribution in [0.15, 0.2) is 42.7 Å². The largest absolute Gasteiger partial charge is 0.385 e. The van der Waals surface area contributed by atoms with E-state index in [0.717, 1.165) is 25.3 Å². The molecule has 0 saturated heterocycles. The summed E-state index contributed by atoms with van der Waals surface area (Å²) in [6, 6.07) is 10.4. The van der Waals surface area contributed by atoms with Crippen LogP contribution in [0.2, 0.25) is 0 Å². The van der Waals surface area contributed by atoms with Gasteiger partial charge in [0.25, 0.3) is 0 Å². The molecule has 0 aliphatic heterocycles. The molecular formula is C16H24N4. The fourth-order valence-electron chi connectivity index (χ4n) is 2.15. The standard InChI is InChI=1S/C16H24N4/c1-13(2)15(10-17)11-18-16-6-4-14(5-7-16)12-20-9-3-8-19-20/h3-9,13,15,18H,10-12,17H2,1-2H3. The van der Waals surface area contributed by atoms with Crippen LogP contribution >= 0.6 is 0 Å². The van der Waals surface area contributed by atoms with Crippen molar-refractivity contribution in [2.75, 3.05) is 18.4 Å². The lowest BCUT2D eigenvalue weighted by Crippen LogP contribution is -2.27. The Labute approximate surface area is 121 Å². The van der Waals surface area contributed by atoms with Gasteiger partial charge in [-0.25, -0.2) is 0 Å². The molecule has 1 aromatic heterocycles. The van der Waals surface area contributed by atoms with E-state index < -0.39 is 0 Å². The lowest BCUT2D eigenvalue weighted by Gasteiger charge is -2.20. The normalized spacial score (nSPS) is 12.6. The van der Waals surface area contributed by atoms with Gasteiger partial charge in [0.15, 0.2) is 0 Å². The molecule has 0 spiro atoms. The molecule has 0 radical (unpaired) electrons. The minimum Gasteiger partial charge on any atom is -0.385 e. The van der Waals surface area contributed by atoms with E-state index in [-0.39, 0.29) is 0 Å². The van der Waals surface area contributed by atoms with E-state index >= 15 is 0 Å². The fraction of sp³-hybridized carbons (Fsp3) is 0.438. The topological polar surface area (TPSA) is 55.9 Å². The molecule has 20 heavy (non-hydrogen) atoms. The van der Waals surface area contributed by atoms with E-state index in [2.05, 4.69) is 48.5 Å². The Morgan fingerprint density at radius 2 is 2.00 bits per heavy atom. The Hall–Kier alpha value is -1.81. The first-order valence-electron chi connectivity index (χ1n) is 7.19. The minimum atomic E-state index is 0.513. The summed E-state index contributed by atoms with van der Waals surface area (Å²) in [5.74, 6) is 1.12. The van der Waals surface area contributed by atoms with E-state index in [9.17, 15) is 0 Å². The molecule has 0 saturated carbocycles. The van der Waals surface area contributed by atoms with E-state index in [0.29, 0.717) is 11.8 Å². The van der Waals surface area contributed by atoms with Gasteiger partial charge >= 0.3 is 0 Å². The highest BCUT2D eigenvalue weighted by Crippen LogP contribution is 2.14. The Morgan fingerprint density at radius 3 is 2.55 bits per heavy atom. The monoisotopic (exact) mass is 272 g/mol. The van der Waals surface area contributed by atoms with Gasteiger partial charge in [-0.3, -0.25) is 4.68 Å². The summed E-state index contributed by atoms with van der Waals surface area (Å²) in [5.41, 5.74) is 8.18. The van der Waals surface area contributed by atoms with E-state index in [1.54, 1.807) is 6.20 Å². The van der Waals surface area contributed by atoms with Crippen molar-refractivity contribution in [2.45, 2.75) is 20.4 Å². The van der Waals surface area contributed by atoms with Crippen LogP contribution in [0.4, 0.5) is 5.69 Å². The number of benzene rings is 1. The zero-order chi connectivity index (χ0) is 14.4. The number of nitrogens with two attached hydrogens (primary N) is 1. The van der Waals surface area contributed by atoms with Crippen molar-refractivity contribution in [3.63, 3.8) is 0 Å². The van der Waals surface area contributed by atoms with Crippen LogP contribution in [-0.2, 0) is 6.54 Å². The summed E-state index contributed by atoms with van der Waals surface area (Å²) < 4.78 is 1.92. The summed E-state index contributed by atoms with van der Waals surface area (Å²) in [6.07, 6.45) is 3.77. The Morgan fingerprint density at radius 1 is 1.25 bits per heavy atom. The number of nitrogens with one attached hydrogen (secondary N) is 1. The van der Waals surface area contributed by atoms with Gasteiger partial charge in [-0.15, -0.1) is 0 Å². The smallest absolute Gasteiger partial charge is 0.0659 e. The SMILES string of the molecule is CC(C)C(CN)CNc1ccc(Cn2cccn2)cc1. The highest BCUT2D eigenvalue weighted by Gasteiger charge is 2.10. The molecule has 0 aliphatic carbocycles. The van der Waals surface area contributed by atoms with Crippen molar-refractivity contribution in [3.8, 4) is 0 Å². The van der Waals surface area contributed by atoms with Gasteiger partial charge in [0.1, 0.15) is 0 Å². The van der Waals surface area contributed by atoms with Crippen molar-refractivity contribution in [3.05, 3.63) is 48.3 Å². The van der Waals surface area contributed by atoms with Gasteiger partial charge in [0.2, 0.25) is 0 Å². The zero-order valence-electron chi connectivity index (χ0n) is 12.3. The Bertz CT molecular complexity index is 488. The lowest BCUT2D eigenvalue weighted by molar-refractivity contribution is 0.413. The molecule has 1 heterocycles. The zero-order valence-corrected chi connectivity index (χ0v) is 12.3. The lowest BCUT2D eigenvalue weighted by atomic mass is 9.96. The van der Waals surface area contributed by atoms with Crippen LogP contribution < -0.4 is 11.1 Å². The third-order valence-corrected chi connectivity index (χ3v) is 3.67. The molecule has 1 unspecified atom stereocenters. The first-order chi connectivity index (χ1) is 9.69. The first-order valence-corrected chi connectivity index (χ1v) is 7.19. The van der Waals surface area contributed by atoms with Crippen molar-refractivity contribution in [1.82, 2.24) is 9.78 Å². The third kappa shape index (κ3) is 4.10. The number of hydrogen-bond acceptors (Lipinski definition) is 3. The highest BCUT2D eigenvalue weighted by molar-refractivity contribution is 5.44. The second kappa shape index (κ2) is 7.10. The van der Waals surface area contributed by atoms with E-state index in [1.807, 2.05) is 16.9 Å². The van der Waals surface area contributed by atoms with Crippen LogP contribution in [-0.4, -0.2) is 22.9 Å². The molecule has 4 heteroatoms. The number of anilines is 1. The highest BCUT2D eigenvalue weighted by atomic mass is 15.3. The molecule has 3 N–H and O–H groups in total. The Kier molecular flexibility index (Phi) is 5.18. The number of aromatic nitrogens is 2. The molecule has 0 bridgehead atoms. The van der Waals surface area contributed by atoms with Gasteiger partial charge in [-0.05, 0) is 42.1 Å². The molecule has 1 atom stereocenters. The molecule has 2 aromatic rings. The molecule has 0 amide bonds. The van der Waals surface area contributed by atoms with E-state index in [1.165, 1.54) is 5.56 Å². The summed E-state index contributed by atoms with van der Waals surface area (Å²) in [5, 5.41) is 7.67. The molecule has 0 aliphatic rings. The van der Waals surface area contributed by atoms with Crippen molar-refractivity contribution >= 4 is 5.69 Å². The molecular weight excluding hydrogens is 248 g/mol. The predicted molar refractivity (Wildman–Crippen MR) is 83.6 cm³/mol. The first kappa shape index (κ1) is 14.6. The van der Waals surface area contributed by atoms with Crippen LogP contribution in [0, 0.1) is 11.8 Å². The van der Waals surface area contributed by atoms with Crippen molar-refractivity contribution in [1.29, 1.82) is 0 Å². The van der Waals surface area contributed by atoms with Crippen LogP contribution in [0.25, 0.3) is 0 Å². The second-order valence-electron chi connectivity index (χ2n) is 5.52. The number of rotatable bonds is 7. The molecule has 0 fully saturated rings. The molecule has 2 rings (SSSR count). The maximum Gasteiger partial charge on any atom is 0.0659 e. The fourth-order valence-corrected chi connectivity index (χ4v) is 2.15. The van der Waals surface area contributed by atoms with Crippen LogP contribution in [0.3, 0.4) is 0 Å². The molecule has 1 aromatic carbocycles. The van der Waals surface area contributed by atoms with Crippen LogP contribution in [0.1, 0.15) is 19.4 Å². The summed E-state index contributed by atoms with van der Waals surface area (Å²) in [7, 11) is 0. The van der Waals surface area contributed by atoms with Gasteiger partial charge in [0.05, 0.1) is 6.54 Å². The average Bonchev–Trinajstić information content (AvgIpc) is 2.94. The Balaban J connectivity index is 1.88. The molecule has 4 nitrogen and oxygen atoms in total. The van der Waals surface area contributed by atoms with Crippen LogP contribution in [0.5, 0.6) is 0 Å². The number of hydrogen-bond donors (Lipinski definition) is 2. The quantitative estimate of drug-likeness (QED) is 0.814. The maximum absolute atomic E-state index is 5.79. The van der Waals surface area contributed by atoms with Gasteiger partial charge in [-0.1, -0.05) is 26.0 Å². The second-order valence-corrected chi connectivity index (χ2v) is 5.52. The predicted octanol–water partition coefficient (Wildman–Crippen LogP) is 2.57. The summed E-state index contributed by atoms with van der Waals surface area (Å²) in [6.45, 7) is 6.89. The van der Waals surface area contributed by atoms with Crippen molar-refractivity contribution in [2.24, 2.45) is 17.6 Å².